The van der Waals surface area contributed by atoms with E-state index in [0.717, 1.165) is 22.4 Å². The van der Waals surface area contributed by atoms with Gasteiger partial charge in [-0.25, -0.2) is 4.39 Å². The van der Waals surface area contributed by atoms with Gasteiger partial charge in [-0.3, -0.25) is 14.5 Å². The number of rotatable bonds is 5. The molecule has 0 unspecified atom stereocenters. The van der Waals surface area contributed by atoms with E-state index in [1.54, 1.807) is 24.3 Å². The largest absolute Gasteiger partial charge is 0.350 e. The average molecular weight is 435 g/mol. The zero-order valence-electron chi connectivity index (χ0n) is 17.1. The molecule has 0 bridgehead atoms. The number of hydrogen-bond acceptors (Lipinski definition) is 3. The smallest absolute Gasteiger partial charge is 0.278 e. The molecule has 1 N–H and O–H groups in total. The molecule has 0 fully saturated rings. The monoisotopic (exact) mass is 434 g/mol. The summed E-state index contributed by atoms with van der Waals surface area (Å²) in [4.78, 5) is 27.8. The first kappa shape index (κ1) is 20.8. The summed E-state index contributed by atoms with van der Waals surface area (Å²) >= 11 is 5.94. The molecule has 1 heterocycles. The molecular weight excluding hydrogens is 415 g/mol. The van der Waals surface area contributed by atoms with Crippen molar-refractivity contribution in [1.29, 1.82) is 0 Å². The van der Waals surface area contributed by atoms with Crippen LogP contribution in [0.3, 0.4) is 0 Å². The van der Waals surface area contributed by atoms with Gasteiger partial charge in [-0.15, -0.1) is 0 Å². The molecule has 31 heavy (non-hydrogen) atoms. The molecule has 4 rings (SSSR count). The van der Waals surface area contributed by atoms with Crippen LogP contribution in [0.2, 0.25) is 5.02 Å². The summed E-state index contributed by atoms with van der Waals surface area (Å²) in [6.07, 6.45) is 0. The Bertz CT molecular complexity index is 1200. The van der Waals surface area contributed by atoms with Crippen molar-refractivity contribution in [2.75, 3.05) is 5.32 Å². The molecule has 1 aliphatic heterocycles. The Labute approximate surface area is 185 Å². The van der Waals surface area contributed by atoms with Crippen LogP contribution in [0.5, 0.6) is 0 Å². The van der Waals surface area contributed by atoms with E-state index in [0.29, 0.717) is 10.6 Å². The minimum atomic E-state index is -0.432. The van der Waals surface area contributed by atoms with E-state index in [4.69, 9.17) is 11.6 Å². The number of nitrogens with one attached hydrogen (secondary N) is 1. The Kier molecular flexibility index (Phi) is 5.61. The predicted octanol–water partition coefficient (Wildman–Crippen LogP) is 5.49. The lowest BCUT2D eigenvalue weighted by molar-refractivity contribution is -0.137. The number of halogens is 2. The SMILES string of the molecule is Cc1ccc(NC2=C(c3ccc(F)cc3)C(=O)N(Cc3ccc(Cl)cc3)C2=O)c(C)c1. The van der Waals surface area contributed by atoms with Crippen LogP contribution in [-0.2, 0) is 16.1 Å². The van der Waals surface area contributed by atoms with Gasteiger partial charge in [-0.05, 0) is 60.9 Å². The molecule has 156 valence electrons. The zero-order chi connectivity index (χ0) is 22.1. The van der Waals surface area contributed by atoms with Crippen molar-refractivity contribution in [2.45, 2.75) is 20.4 Å². The Morgan fingerprint density at radius 2 is 1.58 bits per heavy atom. The fraction of sp³-hybridized carbons (Fsp3) is 0.120. The molecule has 3 aromatic rings. The Morgan fingerprint density at radius 1 is 0.903 bits per heavy atom. The van der Waals surface area contributed by atoms with E-state index in [9.17, 15) is 14.0 Å². The summed E-state index contributed by atoms with van der Waals surface area (Å²) < 4.78 is 13.5. The topological polar surface area (TPSA) is 49.4 Å². The molecule has 0 spiro atoms. The highest BCUT2D eigenvalue weighted by atomic mass is 35.5. The Hall–Kier alpha value is -3.44. The van der Waals surface area contributed by atoms with Crippen LogP contribution >= 0.6 is 11.6 Å². The van der Waals surface area contributed by atoms with E-state index in [-0.39, 0.29) is 17.8 Å². The van der Waals surface area contributed by atoms with Crippen LogP contribution in [0, 0.1) is 19.7 Å². The number of carbonyl (C=O) groups is 2. The van der Waals surface area contributed by atoms with Crippen LogP contribution in [0.1, 0.15) is 22.3 Å². The van der Waals surface area contributed by atoms with Gasteiger partial charge in [0.2, 0.25) is 0 Å². The first-order valence-corrected chi connectivity index (χ1v) is 10.2. The summed E-state index contributed by atoms with van der Waals surface area (Å²) in [5.41, 5.74) is 4.42. The lowest BCUT2D eigenvalue weighted by Crippen LogP contribution is -2.32. The predicted molar refractivity (Wildman–Crippen MR) is 120 cm³/mol. The minimum Gasteiger partial charge on any atom is -0.350 e. The first-order valence-electron chi connectivity index (χ1n) is 9.78. The highest BCUT2D eigenvalue weighted by molar-refractivity contribution is 6.36. The van der Waals surface area contributed by atoms with Crippen LogP contribution < -0.4 is 5.32 Å². The van der Waals surface area contributed by atoms with Crippen LogP contribution in [0.15, 0.2) is 72.4 Å². The maximum Gasteiger partial charge on any atom is 0.278 e. The van der Waals surface area contributed by atoms with Gasteiger partial charge in [0.15, 0.2) is 0 Å². The summed E-state index contributed by atoms with van der Waals surface area (Å²) in [6, 6.07) is 18.3. The van der Waals surface area contributed by atoms with E-state index in [1.807, 2.05) is 32.0 Å². The van der Waals surface area contributed by atoms with Gasteiger partial charge in [0, 0.05) is 10.7 Å². The van der Waals surface area contributed by atoms with Gasteiger partial charge in [0.05, 0.1) is 12.1 Å². The second-order valence-corrected chi connectivity index (χ2v) is 7.96. The van der Waals surface area contributed by atoms with Gasteiger partial charge >= 0.3 is 0 Å². The molecule has 0 aliphatic carbocycles. The molecule has 3 aromatic carbocycles. The molecule has 0 atom stereocenters. The number of amides is 2. The van der Waals surface area contributed by atoms with Crippen LogP contribution in [-0.4, -0.2) is 16.7 Å². The quantitative estimate of drug-likeness (QED) is 0.540. The van der Waals surface area contributed by atoms with E-state index < -0.39 is 17.6 Å². The molecule has 0 saturated heterocycles. The second kappa shape index (κ2) is 8.36. The summed E-state index contributed by atoms with van der Waals surface area (Å²) in [5.74, 6) is -1.28. The number of aryl methyl sites for hydroxylation is 2. The maximum absolute atomic E-state index is 13.5. The number of imide groups is 1. The molecule has 0 aromatic heterocycles. The number of anilines is 1. The highest BCUT2D eigenvalue weighted by Gasteiger charge is 2.39. The number of hydrogen-bond donors (Lipinski definition) is 1. The number of nitrogens with zero attached hydrogens (tertiary/aromatic N) is 1. The van der Waals surface area contributed by atoms with Crippen molar-refractivity contribution in [2.24, 2.45) is 0 Å². The van der Waals surface area contributed by atoms with Gasteiger partial charge in [0.1, 0.15) is 11.5 Å². The van der Waals surface area contributed by atoms with Crippen molar-refractivity contribution in [3.8, 4) is 0 Å². The van der Waals surface area contributed by atoms with Crippen molar-refractivity contribution in [3.63, 3.8) is 0 Å². The summed E-state index contributed by atoms with van der Waals surface area (Å²) in [6.45, 7) is 4.02. The average Bonchev–Trinajstić information content (AvgIpc) is 2.96. The van der Waals surface area contributed by atoms with Crippen LogP contribution in [0.4, 0.5) is 10.1 Å². The molecule has 4 nitrogen and oxygen atoms in total. The van der Waals surface area contributed by atoms with Gasteiger partial charge in [-0.1, -0.05) is 53.6 Å². The third-order valence-corrected chi connectivity index (χ3v) is 5.45. The third-order valence-electron chi connectivity index (χ3n) is 5.20. The Balaban J connectivity index is 1.75. The molecule has 0 saturated carbocycles. The minimum absolute atomic E-state index is 0.109. The summed E-state index contributed by atoms with van der Waals surface area (Å²) in [7, 11) is 0. The fourth-order valence-corrected chi connectivity index (χ4v) is 3.71. The molecule has 1 aliphatic rings. The number of benzene rings is 3. The molecule has 2 amide bonds. The second-order valence-electron chi connectivity index (χ2n) is 7.52. The third kappa shape index (κ3) is 4.23. The highest BCUT2D eigenvalue weighted by Crippen LogP contribution is 2.32. The normalized spacial score (nSPS) is 13.9. The molecule has 0 radical (unpaired) electrons. The van der Waals surface area contributed by atoms with Crippen molar-refractivity contribution in [1.82, 2.24) is 4.90 Å². The standard InChI is InChI=1S/C25H20ClFN2O2/c1-15-3-12-21(16(2)13-15)28-23-22(18-6-10-20(27)11-7-18)24(30)29(25(23)31)14-17-4-8-19(26)9-5-17/h3-13,28H,14H2,1-2H3. The van der Waals surface area contributed by atoms with E-state index >= 15 is 0 Å². The van der Waals surface area contributed by atoms with Crippen molar-refractivity contribution >= 4 is 34.7 Å². The first-order chi connectivity index (χ1) is 14.8. The van der Waals surface area contributed by atoms with E-state index in [2.05, 4.69) is 5.32 Å². The Morgan fingerprint density at radius 3 is 2.23 bits per heavy atom. The van der Waals surface area contributed by atoms with Crippen LogP contribution in [0.25, 0.3) is 5.57 Å². The fourth-order valence-electron chi connectivity index (χ4n) is 3.58. The lowest BCUT2D eigenvalue weighted by atomic mass is 10.0. The molecule has 6 heteroatoms. The summed E-state index contributed by atoms with van der Waals surface area (Å²) in [5, 5.41) is 3.73. The van der Waals surface area contributed by atoms with Crippen molar-refractivity contribution < 1.29 is 14.0 Å². The zero-order valence-corrected chi connectivity index (χ0v) is 17.8. The molecular formula is C25H20ClFN2O2. The lowest BCUT2D eigenvalue weighted by Gasteiger charge is -2.16. The van der Waals surface area contributed by atoms with E-state index in [1.165, 1.54) is 29.2 Å². The van der Waals surface area contributed by atoms with Gasteiger partial charge in [-0.2, -0.15) is 0 Å². The maximum atomic E-state index is 13.5. The van der Waals surface area contributed by atoms with Gasteiger partial charge in [0.25, 0.3) is 11.8 Å². The van der Waals surface area contributed by atoms with Gasteiger partial charge < -0.3 is 5.32 Å². The number of carbonyl (C=O) groups excluding carboxylic acids is 2. The van der Waals surface area contributed by atoms with Crippen molar-refractivity contribution in [3.05, 3.63) is 106 Å².